The fourth-order valence-electron chi connectivity index (χ4n) is 2.47. The summed E-state index contributed by atoms with van der Waals surface area (Å²) in [6.45, 7) is 6.36. The first kappa shape index (κ1) is 19.3. The highest BCUT2D eigenvalue weighted by Gasteiger charge is 2.01. The Bertz CT molecular complexity index is 708. The van der Waals surface area contributed by atoms with Crippen LogP contribution in [0.25, 0.3) is 0 Å². The van der Waals surface area contributed by atoms with Gasteiger partial charge in [-0.05, 0) is 55.8 Å². The molecule has 0 unspecified atom stereocenters. The van der Waals surface area contributed by atoms with Gasteiger partial charge in [0.2, 0.25) is 0 Å². The third-order valence-corrected chi connectivity index (χ3v) is 3.97. The monoisotopic (exact) mass is 354 g/mol. The number of rotatable bonds is 9. The van der Waals surface area contributed by atoms with E-state index >= 15 is 0 Å². The van der Waals surface area contributed by atoms with Crippen LogP contribution in [0.15, 0.2) is 53.6 Å². The van der Waals surface area contributed by atoms with Crippen molar-refractivity contribution in [2.24, 2.45) is 5.10 Å². The predicted octanol–water partition coefficient (Wildman–Crippen LogP) is 3.10. The maximum absolute atomic E-state index is 11.8. The van der Waals surface area contributed by atoms with Crippen molar-refractivity contribution < 1.29 is 9.53 Å². The van der Waals surface area contributed by atoms with E-state index in [2.05, 4.69) is 46.7 Å². The third-order valence-electron chi connectivity index (χ3n) is 3.97. The van der Waals surface area contributed by atoms with Gasteiger partial charge in [0.15, 0.2) is 0 Å². The Morgan fingerprint density at radius 3 is 2.31 bits per heavy atom. The van der Waals surface area contributed by atoms with Gasteiger partial charge in [-0.3, -0.25) is 4.79 Å². The van der Waals surface area contributed by atoms with Crippen molar-refractivity contribution in [3.8, 4) is 5.75 Å². The van der Waals surface area contributed by atoms with Crippen molar-refractivity contribution in [2.75, 3.05) is 37.0 Å². The number of ether oxygens (including phenoxy) is 1. The summed E-state index contributed by atoms with van der Waals surface area (Å²) >= 11 is 0. The van der Waals surface area contributed by atoms with Crippen LogP contribution in [-0.4, -0.2) is 38.9 Å². The maximum Gasteiger partial charge on any atom is 0.259 e. The molecule has 26 heavy (non-hydrogen) atoms. The van der Waals surface area contributed by atoms with Gasteiger partial charge in [-0.15, -0.1) is 0 Å². The largest absolute Gasteiger partial charge is 0.497 e. The van der Waals surface area contributed by atoms with E-state index in [1.54, 1.807) is 13.3 Å². The lowest BCUT2D eigenvalue weighted by Crippen LogP contribution is -2.25. The number of amides is 1. The molecule has 0 saturated heterocycles. The highest BCUT2D eigenvalue weighted by molar-refractivity contribution is 5.84. The fourth-order valence-corrected chi connectivity index (χ4v) is 2.47. The molecule has 0 aliphatic heterocycles. The molecule has 0 atom stereocenters. The second-order valence-electron chi connectivity index (χ2n) is 5.64. The zero-order valence-corrected chi connectivity index (χ0v) is 15.5. The predicted molar refractivity (Wildman–Crippen MR) is 107 cm³/mol. The molecule has 0 radical (unpaired) electrons. The van der Waals surface area contributed by atoms with Crippen molar-refractivity contribution in [1.29, 1.82) is 0 Å². The molecule has 0 spiro atoms. The molecule has 0 aromatic heterocycles. The zero-order valence-electron chi connectivity index (χ0n) is 15.5. The zero-order chi connectivity index (χ0) is 18.8. The van der Waals surface area contributed by atoms with Gasteiger partial charge >= 0.3 is 0 Å². The summed E-state index contributed by atoms with van der Waals surface area (Å²) in [6.07, 6.45) is 1.64. The second-order valence-corrected chi connectivity index (χ2v) is 5.64. The molecule has 6 nitrogen and oxygen atoms in total. The van der Waals surface area contributed by atoms with E-state index < -0.39 is 0 Å². The van der Waals surface area contributed by atoms with Gasteiger partial charge in [0.25, 0.3) is 5.91 Å². The first-order chi connectivity index (χ1) is 12.7. The van der Waals surface area contributed by atoms with Crippen LogP contribution in [0.5, 0.6) is 5.75 Å². The van der Waals surface area contributed by atoms with Crippen LogP contribution in [0.3, 0.4) is 0 Å². The Morgan fingerprint density at radius 1 is 1.08 bits per heavy atom. The lowest BCUT2D eigenvalue weighted by molar-refractivity contribution is -0.119. The molecule has 0 aliphatic rings. The minimum absolute atomic E-state index is 0.143. The molecular weight excluding hydrogens is 328 g/mol. The molecule has 2 rings (SSSR count). The minimum atomic E-state index is -0.211. The number of carbonyl (C=O) groups excluding carboxylic acids is 1. The number of hydrogen-bond acceptors (Lipinski definition) is 5. The second kappa shape index (κ2) is 10.1. The SMILES string of the molecule is CCN(CC)c1ccc(C=NNC(=O)CNc2ccc(OC)cc2)cc1. The van der Waals surface area contributed by atoms with Crippen LogP contribution in [0.2, 0.25) is 0 Å². The third kappa shape index (κ3) is 5.81. The van der Waals surface area contributed by atoms with Crippen LogP contribution >= 0.6 is 0 Å². The van der Waals surface area contributed by atoms with Gasteiger partial charge in [0.1, 0.15) is 5.75 Å². The quantitative estimate of drug-likeness (QED) is 0.536. The summed E-state index contributed by atoms with van der Waals surface area (Å²) in [5.41, 5.74) is 5.48. The van der Waals surface area contributed by atoms with Crippen LogP contribution in [0.1, 0.15) is 19.4 Å². The first-order valence-corrected chi connectivity index (χ1v) is 8.71. The van der Waals surface area contributed by atoms with E-state index in [-0.39, 0.29) is 12.5 Å². The summed E-state index contributed by atoms with van der Waals surface area (Å²) in [5, 5.41) is 7.03. The molecule has 0 aliphatic carbocycles. The average Bonchev–Trinajstić information content (AvgIpc) is 2.69. The molecular formula is C20H26N4O2. The van der Waals surface area contributed by atoms with Crippen molar-refractivity contribution in [2.45, 2.75) is 13.8 Å². The molecule has 2 N–H and O–H groups in total. The van der Waals surface area contributed by atoms with E-state index in [0.29, 0.717) is 0 Å². The number of nitrogens with zero attached hydrogens (tertiary/aromatic N) is 2. The molecule has 0 heterocycles. The highest BCUT2D eigenvalue weighted by atomic mass is 16.5. The fraction of sp³-hybridized carbons (Fsp3) is 0.300. The first-order valence-electron chi connectivity index (χ1n) is 8.71. The van der Waals surface area contributed by atoms with E-state index in [1.807, 2.05) is 36.4 Å². The molecule has 0 saturated carbocycles. The Morgan fingerprint density at radius 2 is 1.73 bits per heavy atom. The molecule has 1 amide bonds. The normalized spacial score (nSPS) is 10.6. The summed E-state index contributed by atoms with van der Waals surface area (Å²) in [4.78, 5) is 14.1. The Kier molecular flexibility index (Phi) is 7.49. The van der Waals surface area contributed by atoms with E-state index in [4.69, 9.17) is 4.74 Å². The lowest BCUT2D eigenvalue weighted by atomic mass is 10.2. The topological polar surface area (TPSA) is 66.0 Å². The molecule has 2 aromatic rings. The van der Waals surface area contributed by atoms with Gasteiger partial charge < -0.3 is 15.0 Å². The van der Waals surface area contributed by atoms with Crippen molar-refractivity contribution in [3.05, 3.63) is 54.1 Å². The lowest BCUT2D eigenvalue weighted by Gasteiger charge is -2.20. The summed E-state index contributed by atoms with van der Waals surface area (Å²) in [6, 6.07) is 15.5. The standard InChI is InChI=1S/C20H26N4O2/c1-4-24(5-2)18-10-6-16(7-11-18)14-22-23-20(25)15-21-17-8-12-19(26-3)13-9-17/h6-14,21H,4-5,15H2,1-3H3,(H,23,25). The summed E-state index contributed by atoms with van der Waals surface area (Å²) in [7, 11) is 1.62. The average molecular weight is 354 g/mol. The van der Waals surface area contributed by atoms with Crippen LogP contribution in [0, 0.1) is 0 Å². The van der Waals surface area contributed by atoms with Crippen molar-refractivity contribution >= 4 is 23.5 Å². The highest BCUT2D eigenvalue weighted by Crippen LogP contribution is 2.15. The van der Waals surface area contributed by atoms with Crippen molar-refractivity contribution in [3.63, 3.8) is 0 Å². The summed E-state index contributed by atoms with van der Waals surface area (Å²) in [5.74, 6) is 0.563. The van der Waals surface area contributed by atoms with Crippen LogP contribution in [0.4, 0.5) is 11.4 Å². The van der Waals surface area contributed by atoms with Crippen LogP contribution < -0.4 is 20.4 Å². The van der Waals surface area contributed by atoms with Gasteiger partial charge in [0, 0.05) is 24.5 Å². The number of nitrogens with one attached hydrogen (secondary N) is 2. The summed E-state index contributed by atoms with van der Waals surface area (Å²) < 4.78 is 5.09. The number of benzene rings is 2. The number of carbonyl (C=O) groups is 1. The number of anilines is 2. The molecule has 2 aromatic carbocycles. The van der Waals surface area contributed by atoms with Gasteiger partial charge in [-0.1, -0.05) is 12.1 Å². The molecule has 6 heteroatoms. The Hall–Kier alpha value is -3.02. The van der Waals surface area contributed by atoms with E-state index in [1.165, 1.54) is 5.69 Å². The Labute approximate surface area is 154 Å². The maximum atomic E-state index is 11.8. The smallest absolute Gasteiger partial charge is 0.259 e. The van der Waals surface area contributed by atoms with E-state index in [0.717, 1.165) is 30.1 Å². The van der Waals surface area contributed by atoms with Gasteiger partial charge in [-0.25, -0.2) is 5.43 Å². The molecule has 138 valence electrons. The number of hydrazone groups is 1. The van der Waals surface area contributed by atoms with Crippen LogP contribution in [-0.2, 0) is 4.79 Å². The van der Waals surface area contributed by atoms with E-state index in [9.17, 15) is 4.79 Å². The molecule has 0 fully saturated rings. The van der Waals surface area contributed by atoms with Gasteiger partial charge in [0.05, 0.1) is 19.9 Å². The minimum Gasteiger partial charge on any atom is -0.497 e. The van der Waals surface area contributed by atoms with Gasteiger partial charge in [-0.2, -0.15) is 5.10 Å². The number of methoxy groups -OCH3 is 1. The number of hydrogen-bond donors (Lipinski definition) is 2. The Balaban J connectivity index is 1.78. The molecule has 0 bridgehead atoms. The van der Waals surface area contributed by atoms with Crippen molar-refractivity contribution in [1.82, 2.24) is 5.43 Å².